The van der Waals surface area contributed by atoms with Crippen molar-refractivity contribution in [3.63, 3.8) is 0 Å². The van der Waals surface area contributed by atoms with Crippen LogP contribution in [0.3, 0.4) is 0 Å². The molecule has 5 nitrogen and oxygen atoms in total. The number of rotatable bonds is 5. The van der Waals surface area contributed by atoms with Gasteiger partial charge in [-0.15, -0.1) is 0 Å². The Morgan fingerprint density at radius 3 is 1.65 bits per heavy atom. The third-order valence-electron chi connectivity index (χ3n) is 3.12. The molecule has 2 amide bonds. The number of nitrogens with one attached hydrogen (secondary N) is 2. The Kier molecular flexibility index (Phi) is 5.36. The van der Waals surface area contributed by atoms with Crippen LogP contribution in [0.2, 0.25) is 0 Å². The van der Waals surface area contributed by atoms with Crippen LogP contribution in [0.1, 0.15) is 34.6 Å². The first-order valence-electron chi connectivity index (χ1n) is 7.40. The van der Waals surface area contributed by atoms with E-state index in [4.69, 9.17) is 4.74 Å². The first-order chi connectivity index (χ1) is 11.0. The van der Waals surface area contributed by atoms with Crippen LogP contribution in [-0.2, 0) is 0 Å². The number of hydrogen-bond donors (Lipinski definition) is 2. The molecule has 0 bridgehead atoms. The number of carbonyl (C=O) groups excluding carboxylic acids is 2. The highest BCUT2D eigenvalue weighted by atomic mass is 16.5. The molecule has 2 aromatic rings. The van der Waals surface area contributed by atoms with Crippen LogP contribution in [0.15, 0.2) is 48.5 Å². The summed E-state index contributed by atoms with van der Waals surface area (Å²) in [5.41, 5.74) is 1.15. The van der Waals surface area contributed by atoms with Crippen LogP contribution in [0.5, 0.6) is 11.5 Å². The fourth-order valence-electron chi connectivity index (χ4n) is 1.97. The summed E-state index contributed by atoms with van der Waals surface area (Å²) in [6.45, 7) is 3.83. The molecule has 0 spiro atoms. The third-order valence-corrected chi connectivity index (χ3v) is 3.12. The van der Waals surface area contributed by atoms with Gasteiger partial charge in [-0.1, -0.05) is 0 Å². The monoisotopic (exact) mass is 312 g/mol. The molecule has 0 atom stereocenters. The van der Waals surface area contributed by atoms with E-state index in [0.29, 0.717) is 22.6 Å². The van der Waals surface area contributed by atoms with E-state index in [2.05, 4.69) is 10.6 Å². The minimum Gasteiger partial charge on any atom is -0.457 e. The lowest BCUT2D eigenvalue weighted by Gasteiger charge is -2.10. The van der Waals surface area contributed by atoms with E-state index in [1.54, 1.807) is 55.6 Å². The second-order valence-electron chi connectivity index (χ2n) is 5.36. The number of carbonyl (C=O) groups is 2. The summed E-state index contributed by atoms with van der Waals surface area (Å²) in [4.78, 5) is 23.3. The van der Waals surface area contributed by atoms with Crippen molar-refractivity contribution >= 4 is 11.8 Å². The van der Waals surface area contributed by atoms with Gasteiger partial charge in [-0.25, -0.2) is 0 Å². The maximum atomic E-state index is 11.9. The lowest BCUT2D eigenvalue weighted by molar-refractivity contribution is 0.0940. The standard InChI is InChI=1S/C18H20N2O3/c1-12(2)20-18(22)14-6-10-16(11-7-14)23-15-8-4-13(5-9-15)17(21)19-3/h4-12H,1-3H3,(H,19,21)(H,20,22). The van der Waals surface area contributed by atoms with Gasteiger partial charge in [0.25, 0.3) is 11.8 Å². The van der Waals surface area contributed by atoms with Gasteiger partial charge in [0.1, 0.15) is 11.5 Å². The topological polar surface area (TPSA) is 67.4 Å². The zero-order valence-corrected chi connectivity index (χ0v) is 13.4. The molecular weight excluding hydrogens is 292 g/mol. The number of amides is 2. The molecule has 0 radical (unpaired) electrons. The fourth-order valence-corrected chi connectivity index (χ4v) is 1.97. The normalized spacial score (nSPS) is 10.3. The minimum atomic E-state index is -0.142. The van der Waals surface area contributed by atoms with Crippen molar-refractivity contribution in [1.82, 2.24) is 10.6 Å². The van der Waals surface area contributed by atoms with Gasteiger partial charge in [0.05, 0.1) is 0 Å². The van der Waals surface area contributed by atoms with E-state index < -0.39 is 0 Å². The molecule has 0 saturated heterocycles. The summed E-state index contributed by atoms with van der Waals surface area (Å²) in [7, 11) is 1.59. The SMILES string of the molecule is CNC(=O)c1ccc(Oc2ccc(C(=O)NC(C)C)cc2)cc1. The summed E-state index contributed by atoms with van der Waals surface area (Å²) in [6, 6.07) is 13.8. The van der Waals surface area contributed by atoms with Crippen molar-refractivity contribution in [1.29, 1.82) is 0 Å². The second kappa shape index (κ2) is 7.45. The molecular formula is C18H20N2O3. The molecule has 2 rings (SSSR count). The first kappa shape index (κ1) is 16.5. The van der Waals surface area contributed by atoms with Crippen LogP contribution in [0.4, 0.5) is 0 Å². The molecule has 0 aromatic heterocycles. The number of benzene rings is 2. The molecule has 120 valence electrons. The van der Waals surface area contributed by atoms with Crippen molar-refractivity contribution < 1.29 is 14.3 Å². The molecule has 0 heterocycles. The average Bonchev–Trinajstić information content (AvgIpc) is 2.55. The van der Waals surface area contributed by atoms with Crippen LogP contribution < -0.4 is 15.4 Å². The Hall–Kier alpha value is -2.82. The molecule has 0 aliphatic rings. The number of ether oxygens (including phenoxy) is 1. The first-order valence-corrected chi connectivity index (χ1v) is 7.40. The molecule has 0 saturated carbocycles. The van der Waals surface area contributed by atoms with Gasteiger partial charge in [-0.3, -0.25) is 9.59 Å². The van der Waals surface area contributed by atoms with Crippen molar-refractivity contribution in [2.45, 2.75) is 19.9 Å². The van der Waals surface area contributed by atoms with Crippen LogP contribution >= 0.6 is 0 Å². The fraction of sp³-hybridized carbons (Fsp3) is 0.222. The molecule has 5 heteroatoms. The number of hydrogen-bond acceptors (Lipinski definition) is 3. The van der Waals surface area contributed by atoms with Gasteiger partial charge < -0.3 is 15.4 Å². The zero-order valence-electron chi connectivity index (χ0n) is 13.4. The van der Waals surface area contributed by atoms with Crippen LogP contribution in [0.25, 0.3) is 0 Å². The van der Waals surface area contributed by atoms with Crippen LogP contribution in [0, 0.1) is 0 Å². The molecule has 23 heavy (non-hydrogen) atoms. The van der Waals surface area contributed by atoms with Gasteiger partial charge in [-0.2, -0.15) is 0 Å². The van der Waals surface area contributed by atoms with E-state index in [0.717, 1.165) is 0 Å². The summed E-state index contributed by atoms with van der Waals surface area (Å²) in [5.74, 6) is 0.995. The Bertz CT molecular complexity index is 676. The van der Waals surface area contributed by atoms with E-state index in [1.165, 1.54) is 0 Å². The van der Waals surface area contributed by atoms with E-state index >= 15 is 0 Å². The van der Waals surface area contributed by atoms with Gasteiger partial charge in [0, 0.05) is 24.2 Å². The van der Waals surface area contributed by atoms with Crippen LogP contribution in [-0.4, -0.2) is 24.9 Å². The van der Waals surface area contributed by atoms with Crippen molar-refractivity contribution in [3.05, 3.63) is 59.7 Å². The van der Waals surface area contributed by atoms with Crippen molar-refractivity contribution in [2.24, 2.45) is 0 Å². The molecule has 0 aliphatic carbocycles. The lowest BCUT2D eigenvalue weighted by Crippen LogP contribution is -2.29. The van der Waals surface area contributed by atoms with Crippen molar-refractivity contribution in [3.8, 4) is 11.5 Å². The Morgan fingerprint density at radius 2 is 1.26 bits per heavy atom. The predicted molar refractivity (Wildman–Crippen MR) is 89.0 cm³/mol. The maximum absolute atomic E-state index is 11.9. The molecule has 0 aliphatic heterocycles. The molecule has 0 unspecified atom stereocenters. The minimum absolute atomic E-state index is 0.0947. The van der Waals surface area contributed by atoms with Gasteiger partial charge >= 0.3 is 0 Å². The largest absolute Gasteiger partial charge is 0.457 e. The van der Waals surface area contributed by atoms with Gasteiger partial charge in [0.15, 0.2) is 0 Å². The average molecular weight is 312 g/mol. The second-order valence-corrected chi connectivity index (χ2v) is 5.36. The summed E-state index contributed by atoms with van der Waals surface area (Å²) in [5, 5.41) is 5.40. The lowest BCUT2D eigenvalue weighted by atomic mass is 10.2. The van der Waals surface area contributed by atoms with Crippen molar-refractivity contribution in [2.75, 3.05) is 7.05 Å². The zero-order chi connectivity index (χ0) is 16.8. The highest BCUT2D eigenvalue weighted by molar-refractivity contribution is 5.94. The highest BCUT2D eigenvalue weighted by Crippen LogP contribution is 2.22. The van der Waals surface area contributed by atoms with Gasteiger partial charge in [-0.05, 0) is 62.4 Å². The van der Waals surface area contributed by atoms with E-state index in [9.17, 15) is 9.59 Å². The quantitative estimate of drug-likeness (QED) is 0.892. The molecule has 2 N–H and O–H groups in total. The Labute approximate surface area is 135 Å². The highest BCUT2D eigenvalue weighted by Gasteiger charge is 2.07. The van der Waals surface area contributed by atoms with Gasteiger partial charge in [0.2, 0.25) is 0 Å². The summed E-state index contributed by atoms with van der Waals surface area (Å²) >= 11 is 0. The summed E-state index contributed by atoms with van der Waals surface area (Å²) < 4.78 is 5.70. The Morgan fingerprint density at radius 1 is 0.826 bits per heavy atom. The molecule has 2 aromatic carbocycles. The molecule has 0 fully saturated rings. The van der Waals surface area contributed by atoms with E-state index in [1.807, 2.05) is 13.8 Å². The maximum Gasteiger partial charge on any atom is 0.251 e. The Balaban J connectivity index is 2.03. The summed E-state index contributed by atoms with van der Waals surface area (Å²) in [6.07, 6.45) is 0. The third kappa shape index (κ3) is 4.57. The smallest absolute Gasteiger partial charge is 0.251 e. The predicted octanol–water partition coefficient (Wildman–Crippen LogP) is 2.98. The van der Waals surface area contributed by atoms with E-state index in [-0.39, 0.29) is 17.9 Å².